The molecule has 0 heterocycles. The lowest BCUT2D eigenvalue weighted by molar-refractivity contribution is 0.206. The number of nitrogens with zero attached hydrogens (tertiary/aromatic N) is 1. The highest BCUT2D eigenvalue weighted by Crippen LogP contribution is 2.24. The normalized spacial score (nSPS) is 12.5. The molecular weight excluding hydrogens is 326 g/mol. The molecule has 24 heavy (non-hydrogen) atoms. The zero-order valence-corrected chi connectivity index (χ0v) is 14.6. The van der Waals surface area contributed by atoms with Crippen LogP contribution in [0.3, 0.4) is 0 Å². The van der Waals surface area contributed by atoms with Crippen molar-refractivity contribution in [2.24, 2.45) is 10.7 Å². The molecule has 0 bridgehead atoms. The van der Waals surface area contributed by atoms with E-state index in [2.05, 4.69) is 10.3 Å². The minimum Gasteiger partial charge on any atom is -0.497 e. The summed E-state index contributed by atoms with van der Waals surface area (Å²) >= 11 is 6.11. The van der Waals surface area contributed by atoms with E-state index in [4.69, 9.17) is 26.8 Å². The summed E-state index contributed by atoms with van der Waals surface area (Å²) in [5.41, 5.74) is 6.77. The van der Waals surface area contributed by atoms with Crippen molar-refractivity contribution >= 4 is 23.2 Å². The van der Waals surface area contributed by atoms with Gasteiger partial charge >= 0.3 is 0 Å². The van der Waals surface area contributed by atoms with Gasteiger partial charge in [-0.3, -0.25) is 0 Å². The number of nitrogens with two attached hydrogens (primary N) is 1. The number of methoxy groups -OCH3 is 1. The lowest BCUT2D eigenvalue weighted by Gasteiger charge is -2.17. The van der Waals surface area contributed by atoms with Crippen LogP contribution in [0.4, 0.5) is 5.69 Å². The Morgan fingerprint density at radius 1 is 1.21 bits per heavy atom. The summed E-state index contributed by atoms with van der Waals surface area (Å²) in [6, 6.07) is 14.8. The SMILES string of the molecule is CCC(CN=C(N)Nc1ccc(OC)cc1)Oc1ccccc1Cl. The second-order valence-corrected chi connectivity index (χ2v) is 5.57. The molecule has 2 rings (SSSR count). The molecule has 0 amide bonds. The fraction of sp³-hybridized carbons (Fsp3) is 0.278. The molecule has 6 heteroatoms. The van der Waals surface area contributed by atoms with Gasteiger partial charge in [0, 0.05) is 5.69 Å². The van der Waals surface area contributed by atoms with Gasteiger partial charge in [0.15, 0.2) is 5.96 Å². The minimum atomic E-state index is -0.0962. The third kappa shape index (κ3) is 5.35. The molecule has 0 aliphatic heterocycles. The number of para-hydroxylation sites is 1. The Bertz CT molecular complexity index is 674. The Kier molecular flexibility index (Phi) is 6.75. The van der Waals surface area contributed by atoms with Crippen LogP contribution < -0.4 is 20.5 Å². The van der Waals surface area contributed by atoms with Gasteiger partial charge in [0.05, 0.1) is 18.7 Å². The van der Waals surface area contributed by atoms with Gasteiger partial charge in [-0.2, -0.15) is 0 Å². The molecule has 2 aromatic carbocycles. The molecular formula is C18H22ClN3O2. The summed E-state index contributed by atoms with van der Waals surface area (Å²) in [4.78, 5) is 4.34. The Labute approximate surface area is 147 Å². The summed E-state index contributed by atoms with van der Waals surface area (Å²) in [7, 11) is 1.63. The molecule has 2 aromatic rings. The summed E-state index contributed by atoms with van der Waals surface area (Å²) < 4.78 is 11.0. The fourth-order valence-electron chi connectivity index (χ4n) is 2.03. The highest BCUT2D eigenvalue weighted by Gasteiger charge is 2.10. The summed E-state index contributed by atoms with van der Waals surface area (Å²) in [5.74, 6) is 1.78. The topological polar surface area (TPSA) is 68.9 Å². The van der Waals surface area contributed by atoms with E-state index in [1.807, 2.05) is 49.4 Å². The van der Waals surface area contributed by atoms with E-state index in [0.717, 1.165) is 17.9 Å². The van der Waals surface area contributed by atoms with Gasteiger partial charge in [-0.25, -0.2) is 4.99 Å². The third-order valence-electron chi connectivity index (χ3n) is 3.41. The van der Waals surface area contributed by atoms with Crippen LogP contribution in [-0.4, -0.2) is 25.7 Å². The number of guanidine groups is 1. The highest BCUT2D eigenvalue weighted by atomic mass is 35.5. The predicted octanol–water partition coefficient (Wildman–Crippen LogP) is 3.93. The molecule has 3 N–H and O–H groups in total. The van der Waals surface area contributed by atoms with Crippen LogP contribution in [0.1, 0.15) is 13.3 Å². The van der Waals surface area contributed by atoms with Gasteiger partial charge in [0.25, 0.3) is 0 Å². The maximum Gasteiger partial charge on any atom is 0.193 e. The quantitative estimate of drug-likeness (QED) is 0.588. The van der Waals surface area contributed by atoms with Crippen LogP contribution in [0.15, 0.2) is 53.5 Å². The first-order valence-corrected chi connectivity index (χ1v) is 8.12. The smallest absolute Gasteiger partial charge is 0.193 e. The largest absolute Gasteiger partial charge is 0.497 e. The molecule has 0 aromatic heterocycles. The average molecular weight is 348 g/mol. The number of rotatable bonds is 7. The number of ether oxygens (including phenoxy) is 2. The van der Waals surface area contributed by atoms with Gasteiger partial charge in [-0.15, -0.1) is 0 Å². The molecule has 0 fully saturated rings. The standard InChI is InChI=1S/C18H22ClN3O2/c1-3-14(24-17-7-5-4-6-16(17)19)12-21-18(20)22-13-8-10-15(23-2)11-9-13/h4-11,14H,3,12H2,1-2H3,(H3,20,21,22). The van der Waals surface area contributed by atoms with Crippen molar-refractivity contribution in [3.63, 3.8) is 0 Å². The molecule has 0 saturated heterocycles. The summed E-state index contributed by atoms with van der Waals surface area (Å²) in [6.07, 6.45) is 0.700. The van der Waals surface area contributed by atoms with Crippen LogP contribution >= 0.6 is 11.6 Å². The van der Waals surface area contributed by atoms with Gasteiger partial charge in [0.1, 0.15) is 17.6 Å². The van der Waals surface area contributed by atoms with Gasteiger partial charge < -0.3 is 20.5 Å². The Morgan fingerprint density at radius 3 is 2.54 bits per heavy atom. The fourth-order valence-corrected chi connectivity index (χ4v) is 2.21. The molecule has 128 valence electrons. The van der Waals surface area contributed by atoms with Crippen molar-refractivity contribution in [2.45, 2.75) is 19.4 Å². The molecule has 1 atom stereocenters. The second-order valence-electron chi connectivity index (χ2n) is 5.16. The van der Waals surface area contributed by atoms with Crippen LogP contribution in [0, 0.1) is 0 Å². The lowest BCUT2D eigenvalue weighted by atomic mass is 10.2. The van der Waals surface area contributed by atoms with E-state index in [9.17, 15) is 0 Å². The average Bonchev–Trinajstić information content (AvgIpc) is 2.60. The first-order chi connectivity index (χ1) is 11.6. The second kappa shape index (κ2) is 9.03. The van der Waals surface area contributed by atoms with Crippen LogP contribution in [-0.2, 0) is 0 Å². The van der Waals surface area contributed by atoms with E-state index in [0.29, 0.717) is 23.3 Å². The van der Waals surface area contributed by atoms with Crippen molar-refractivity contribution in [1.29, 1.82) is 0 Å². The Hall–Kier alpha value is -2.40. The molecule has 1 unspecified atom stereocenters. The third-order valence-corrected chi connectivity index (χ3v) is 3.73. The highest BCUT2D eigenvalue weighted by molar-refractivity contribution is 6.32. The number of aliphatic imine (C=N–C) groups is 1. The van der Waals surface area contributed by atoms with Gasteiger partial charge in [0.2, 0.25) is 0 Å². The van der Waals surface area contributed by atoms with Crippen LogP contribution in [0.5, 0.6) is 11.5 Å². The first kappa shape index (κ1) is 17.9. The number of anilines is 1. The van der Waals surface area contributed by atoms with Gasteiger partial charge in [-0.1, -0.05) is 30.7 Å². The zero-order chi connectivity index (χ0) is 17.4. The monoisotopic (exact) mass is 347 g/mol. The van der Waals surface area contributed by atoms with Gasteiger partial charge in [-0.05, 0) is 42.8 Å². The van der Waals surface area contributed by atoms with Crippen molar-refractivity contribution in [1.82, 2.24) is 0 Å². The van der Waals surface area contributed by atoms with E-state index < -0.39 is 0 Å². The first-order valence-electron chi connectivity index (χ1n) is 7.74. The Balaban J connectivity index is 1.92. The van der Waals surface area contributed by atoms with E-state index in [1.54, 1.807) is 13.2 Å². The molecule has 0 aliphatic rings. The number of hydrogen-bond donors (Lipinski definition) is 2. The molecule has 5 nitrogen and oxygen atoms in total. The molecule has 0 radical (unpaired) electrons. The zero-order valence-electron chi connectivity index (χ0n) is 13.8. The van der Waals surface area contributed by atoms with E-state index >= 15 is 0 Å². The maximum atomic E-state index is 6.11. The molecule has 0 aliphatic carbocycles. The number of benzene rings is 2. The van der Waals surface area contributed by atoms with Crippen molar-refractivity contribution in [2.75, 3.05) is 19.0 Å². The van der Waals surface area contributed by atoms with E-state index in [1.165, 1.54) is 0 Å². The minimum absolute atomic E-state index is 0.0962. The Morgan fingerprint density at radius 2 is 1.92 bits per heavy atom. The van der Waals surface area contributed by atoms with E-state index in [-0.39, 0.29) is 6.10 Å². The molecule has 0 saturated carbocycles. The van der Waals surface area contributed by atoms with Crippen molar-refractivity contribution in [3.8, 4) is 11.5 Å². The number of halogens is 1. The molecule has 0 spiro atoms. The van der Waals surface area contributed by atoms with Crippen molar-refractivity contribution < 1.29 is 9.47 Å². The summed E-state index contributed by atoms with van der Waals surface area (Å²) in [5, 5.41) is 3.63. The maximum absolute atomic E-state index is 6.11. The number of hydrogen-bond acceptors (Lipinski definition) is 3. The van der Waals surface area contributed by atoms with Crippen LogP contribution in [0.25, 0.3) is 0 Å². The predicted molar refractivity (Wildman–Crippen MR) is 99.3 cm³/mol. The summed E-state index contributed by atoms with van der Waals surface area (Å²) in [6.45, 7) is 2.47. The van der Waals surface area contributed by atoms with Crippen LogP contribution in [0.2, 0.25) is 5.02 Å². The number of nitrogens with one attached hydrogen (secondary N) is 1. The lowest BCUT2D eigenvalue weighted by Crippen LogP contribution is -2.26. The van der Waals surface area contributed by atoms with Crippen molar-refractivity contribution in [3.05, 3.63) is 53.6 Å².